The first kappa shape index (κ1) is 12.0. The van der Waals surface area contributed by atoms with E-state index in [1.54, 1.807) is 31.5 Å². The monoisotopic (exact) mass is 196 g/mol. The second kappa shape index (κ2) is 11.1. The largest absolute Gasteiger partial charge is 0.391 e. The van der Waals surface area contributed by atoms with Crippen molar-refractivity contribution in [2.24, 2.45) is 0 Å². The number of pyridine rings is 1. The molecule has 1 nitrogen and oxygen atoms in total. The summed E-state index contributed by atoms with van der Waals surface area (Å²) in [6.07, 6.45) is 3.39. The first-order valence-electron chi connectivity index (χ1n) is 2.47. The zero-order valence-corrected chi connectivity index (χ0v) is 8.38. The van der Waals surface area contributed by atoms with E-state index in [-0.39, 0.29) is 32.7 Å². The summed E-state index contributed by atoms with van der Waals surface area (Å²) in [6.45, 7) is 5.00. The van der Waals surface area contributed by atoms with Gasteiger partial charge in [0, 0.05) is 32.7 Å². The molecule has 0 aromatic carbocycles. The Balaban J connectivity index is 0. The third kappa shape index (κ3) is 8.25. The molecular weight excluding hydrogens is 187 g/mol. The zero-order valence-electron chi connectivity index (χ0n) is 5.54. The summed E-state index contributed by atoms with van der Waals surface area (Å²) in [7, 11) is 0. The SMILES string of the molecule is [CH2-]C.[Y].[c-]1ccncc1. The summed E-state index contributed by atoms with van der Waals surface area (Å²) in [6, 6.07) is 6.36. The summed E-state index contributed by atoms with van der Waals surface area (Å²) in [5.74, 6) is 0. The van der Waals surface area contributed by atoms with E-state index in [2.05, 4.69) is 18.0 Å². The number of aromatic nitrogens is 1. The molecule has 0 aliphatic heterocycles. The molecule has 0 saturated carbocycles. The summed E-state index contributed by atoms with van der Waals surface area (Å²) >= 11 is 0. The van der Waals surface area contributed by atoms with Crippen molar-refractivity contribution >= 4 is 0 Å². The van der Waals surface area contributed by atoms with Crippen LogP contribution in [0.15, 0.2) is 24.5 Å². The molecule has 47 valence electrons. The minimum absolute atomic E-state index is 0. The third-order valence-corrected chi connectivity index (χ3v) is 0.514. The van der Waals surface area contributed by atoms with Crippen LogP contribution in [0.4, 0.5) is 0 Å². The van der Waals surface area contributed by atoms with Gasteiger partial charge in [0.1, 0.15) is 0 Å². The van der Waals surface area contributed by atoms with Crippen LogP contribution in [0.2, 0.25) is 0 Å². The van der Waals surface area contributed by atoms with E-state index >= 15 is 0 Å². The average Bonchev–Trinajstić information content (AvgIpc) is 1.96. The molecule has 0 bridgehead atoms. The molecule has 0 saturated heterocycles. The Bertz CT molecular complexity index is 80.8. The Hall–Kier alpha value is 0.254. The summed E-state index contributed by atoms with van der Waals surface area (Å²) in [5.41, 5.74) is 0. The van der Waals surface area contributed by atoms with Gasteiger partial charge in [0.05, 0.1) is 0 Å². The zero-order chi connectivity index (χ0) is 6.24. The van der Waals surface area contributed by atoms with Crippen LogP contribution < -0.4 is 0 Å². The first-order valence-corrected chi connectivity index (χ1v) is 2.47. The average molecular weight is 196 g/mol. The Morgan fingerprint density at radius 3 is 1.78 bits per heavy atom. The van der Waals surface area contributed by atoms with Gasteiger partial charge in [0.25, 0.3) is 0 Å². The predicted molar refractivity (Wildman–Crippen MR) is 34.1 cm³/mol. The van der Waals surface area contributed by atoms with Crippen LogP contribution in [0.3, 0.4) is 0 Å². The molecule has 0 spiro atoms. The van der Waals surface area contributed by atoms with Crippen LogP contribution in [0, 0.1) is 13.0 Å². The van der Waals surface area contributed by atoms with E-state index < -0.39 is 0 Å². The summed E-state index contributed by atoms with van der Waals surface area (Å²) < 4.78 is 0. The van der Waals surface area contributed by atoms with Crippen molar-refractivity contribution in [1.82, 2.24) is 4.98 Å². The normalized spacial score (nSPS) is 6.00. The standard InChI is InChI=1S/C5H4N.C2H5.Y/c1-2-4-6-5-3-1;1-2;/h2-5H;1H2,2H3;/q2*-1;. The molecule has 1 radical (unpaired) electrons. The summed E-state index contributed by atoms with van der Waals surface area (Å²) in [5, 5.41) is 0. The Kier molecular flexibility index (Phi) is 14.8. The molecule has 0 amide bonds. The van der Waals surface area contributed by atoms with Crippen molar-refractivity contribution in [3.63, 3.8) is 0 Å². The maximum Gasteiger partial charge on any atom is 0 e. The smallest absolute Gasteiger partial charge is 0 e. The molecule has 1 aromatic rings. The van der Waals surface area contributed by atoms with Crippen LogP contribution >= 0.6 is 0 Å². The third-order valence-electron chi connectivity index (χ3n) is 0.514. The Morgan fingerprint density at radius 1 is 1.22 bits per heavy atom. The van der Waals surface area contributed by atoms with Crippen molar-refractivity contribution in [3.05, 3.63) is 37.5 Å². The van der Waals surface area contributed by atoms with E-state index in [0.717, 1.165) is 0 Å². The molecule has 0 aliphatic rings. The second-order valence-electron chi connectivity index (χ2n) is 0.947. The molecule has 0 N–H and O–H groups in total. The maximum atomic E-state index is 3.75. The minimum Gasteiger partial charge on any atom is -0.391 e. The van der Waals surface area contributed by atoms with Crippen molar-refractivity contribution in [3.8, 4) is 0 Å². The second-order valence-corrected chi connectivity index (χ2v) is 0.947. The molecule has 0 atom stereocenters. The molecule has 0 unspecified atom stereocenters. The van der Waals surface area contributed by atoms with Crippen molar-refractivity contribution in [1.29, 1.82) is 0 Å². The molecular formula is C7H9NY-2. The van der Waals surface area contributed by atoms with Gasteiger partial charge in [-0.2, -0.15) is 25.1 Å². The fourth-order valence-corrected chi connectivity index (χ4v) is 0.277. The molecule has 0 fully saturated rings. The summed E-state index contributed by atoms with van der Waals surface area (Å²) in [4.78, 5) is 3.75. The van der Waals surface area contributed by atoms with Crippen molar-refractivity contribution < 1.29 is 32.7 Å². The molecule has 0 aliphatic carbocycles. The predicted octanol–water partition coefficient (Wildman–Crippen LogP) is 1.72. The number of rotatable bonds is 0. The molecule has 9 heavy (non-hydrogen) atoms. The molecule has 1 aromatic heterocycles. The topological polar surface area (TPSA) is 12.9 Å². The van der Waals surface area contributed by atoms with Gasteiger partial charge < -0.3 is 11.9 Å². The van der Waals surface area contributed by atoms with E-state index in [4.69, 9.17) is 0 Å². The fourth-order valence-electron chi connectivity index (χ4n) is 0.277. The van der Waals surface area contributed by atoms with Gasteiger partial charge in [-0.25, -0.2) is 0 Å². The van der Waals surface area contributed by atoms with E-state index in [0.29, 0.717) is 0 Å². The van der Waals surface area contributed by atoms with E-state index in [1.807, 2.05) is 0 Å². The van der Waals surface area contributed by atoms with E-state index in [1.165, 1.54) is 0 Å². The van der Waals surface area contributed by atoms with Gasteiger partial charge in [-0.05, 0) is 0 Å². The molecule has 1 rings (SSSR count). The van der Waals surface area contributed by atoms with Crippen LogP contribution in [-0.4, -0.2) is 4.98 Å². The maximum absolute atomic E-state index is 3.75. The first-order chi connectivity index (χ1) is 4.00. The van der Waals surface area contributed by atoms with Gasteiger partial charge in [-0.1, -0.05) is 12.4 Å². The Labute approximate surface area is 81.8 Å². The number of hydrogen-bond acceptors (Lipinski definition) is 1. The van der Waals surface area contributed by atoms with Gasteiger partial charge in [-0.3, -0.25) is 0 Å². The van der Waals surface area contributed by atoms with Crippen LogP contribution in [0.5, 0.6) is 0 Å². The van der Waals surface area contributed by atoms with Gasteiger partial charge in [0.15, 0.2) is 0 Å². The Morgan fingerprint density at radius 2 is 1.67 bits per heavy atom. The van der Waals surface area contributed by atoms with Crippen LogP contribution in [-0.2, 0) is 32.7 Å². The molecule has 2 heteroatoms. The number of hydrogen-bond donors (Lipinski definition) is 0. The van der Waals surface area contributed by atoms with Crippen molar-refractivity contribution in [2.75, 3.05) is 0 Å². The van der Waals surface area contributed by atoms with Gasteiger partial charge in [-0.15, -0.1) is 0 Å². The quantitative estimate of drug-likeness (QED) is 0.575. The van der Waals surface area contributed by atoms with Gasteiger partial charge in [0.2, 0.25) is 0 Å². The van der Waals surface area contributed by atoms with Crippen molar-refractivity contribution in [2.45, 2.75) is 6.92 Å². The molecule has 1 heterocycles. The van der Waals surface area contributed by atoms with E-state index in [9.17, 15) is 0 Å². The number of nitrogens with zero attached hydrogens (tertiary/aromatic N) is 1. The van der Waals surface area contributed by atoms with Crippen LogP contribution in [0.25, 0.3) is 0 Å². The fraction of sp³-hybridized carbons (Fsp3) is 0.143. The van der Waals surface area contributed by atoms with Gasteiger partial charge >= 0.3 is 0 Å². The van der Waals surface area contributed by atoms with Crippen LogP contribution in [0.1, 0.15) is 6.92 Å². The minimum atomic E-state index is 0.